The number of hydrogen-bond donors (Lipinski definition) is 0. The minimum atomic E-state index is -0.532. The van der Waals surface area contributed by atoms with Crippen molar-refractivity contribution in [2.24, 2.45) is 0 Å². The molecular formula is C15H13N3O4S. The highest BCUT2D eigenvalue weighted by molar-refractivity contribution is 7.11. The molecule has 23 heavy (non-hydrogen) atoms. The van der Waals surface area contributed by atoms with Crippen LogP contribution in [0.1, 0.15) is 16.3 Å². The molecule has 0 amide bonds. The van der Waals surface area contributed by atoms with E-state index >= 15 is 0 Å². The second-order valence-corrected chi connectivity index (χ2v) is 5.35. The summed E-state index contributed by atoms with van der Waals surface area (Å²) >= 11 is 1.31. The van der Waals surface area contributed by atoms with Gasteiger partial charge < -0.3 is 9.47 Å². The van der Waals surface area contributed by atoms with Crippen LogP contribution in [0, 0.1) is 28.4 Å². The van der Waals surface area contributed by atoms with Gasteiger partial charge >= 0.3 is 0 Å². The van der Waals surface area contributed by atoms with E-state index in [1.165, 1.54) is 43.8 Å². The van der Waals surface area contributed by atoms with E-state index in [0.717, 1.165) is 5.69 Å². The van der Waals surface area contributed by atoms with Crippen LogP contribution in [0.3, 0.4) is 0 Å². The number of nitrogens with zero attached hydrogens (tertiary/aromatic N) is 3. The van der Waals surface area contributed by atoms with E-state index in [4.69, 9.17) is 9.47 Å². The van der Waals surface area contributed by atoms with Gasteiger partial charge in [0.05, 0.1) is 36.3 Å². The largest absolute Gasteiger partial charge is 0.493 e. The van der Waals surface area contributed by atoms with Crippen LogP contribution >= 0.6 is 11.3 Å². The molecule has 2 aromatic rings. The molecule has 1 heterocycles. The lowest BCUT2D eigenvalue weighted by atomic mass is 10.1. The number of aryl methyl sites for hydroxylation is 1. The number of aromatic nitrogens is 1. The first-order chi connectivity index (χ1) is 11.0. The topological polar surface area (TPSA) is 98.3 Å². The molecular weight excluding hydrogens is 318 g/mol. The Labute approximate surface area is 136 Å². The highest BCUT2D eigenvalue weighted by atomic mass is 32.1. The number of benzene rings is 1. The molecule has 0 radical (unpaired) electrons. The fraction of sp³-hybridized carbons (Fsp3) is 0.200. The van der Waals surface area contributed by atoms with Gasteiger partial charge in [0.25, 0.3) is 5.69 Å². The SMILES string of the molecule is COc1cc(/C=C(\C#N)c2nc(C)cs2)c([N+](=O)[O-])cc1OC. The molecule has 1 aromatic heterocycles. The molecule has 0 unspecified atom stereocenters. The fourth-order valence-corrected chi connectivity index (χ4v) is 2.70. The molecule has 0 aliphatic carbocycles. The van der Waals surface area contributed by atoms with Crippen LogP contribution in [0.4, 0.5) is 5.69 Å². The average molecular weight is 331 g/mol. The second-order valence-electron chi connectivity index (χ2n) is 4.49. The van der Waals surface area contributed by atoms with Gasteiger partial charge in [-0.2, -0.15) is 5.26 Å². The maximum absolute atomic E-state index is 11.3. The van der Waals surface area contributed by atoms with Crippen LogP contribution in [0.15, 0.2) is 17.5 Å². The summed E-state index contributed by atoms with van der Waals surface area (Å²) in [5.74, 6) is 0.594. The summed E-state index contributed by atoms with van der Waals surface area (Å²) in [5, 5.41) is 22.9. The molecule has 1 aromatic carbocycles. The number of hydrogen-bond acceptors (Lipinski definition) is 7. The predicted molar refractivity (Wildman–Crippen MR) is 86.5 cm³/mol. The van der Waals surface area contributed by atoms with Gasteiger partial charge in [0.2, 0.25) is 0 Å². The first kappa shape index (κ1) is 16.5. The lowest BCUT2D eigenvalue weighted by molar-refractivity contribution is -0.385. The molecule has 2 rings (SSSR count). The third-order valence-corrected chi connectivity index (χ3v) is 3.99. The van der Waals surface area contributed by atoms with Crippen LogP contribution < -0.4 is 9.47 Å². The molecule has 0 atom stereocenters. The zero-order valence-corrected chi connectivity index (χ0v) is 13.5. The second kappa shape index (κ2) is 6.89. The molecule has 0 fully saturated rings. The first-order valence-electron chi connectivity index (χ1n) is 6.44. The Hall–Kier alpha value is -2.92. The van der Waals surface area contributed by atoms with Crippen molar-refractivity contribution in [2.75, 3.05) is 14.2 Å². The van der Waals surface area contributed by atoms with Crippen LogP contribution in [0.25, 0.3) is 11.6 Å². The van der Waals surface area contributed by atoms with Gasteiger partial charge in [-0.1, -0.05) is 0 Å². The zero-order chi connectivity index (χ0) is 17.0. The molecule has 0 N–H and O–H groups in total. The van der Waals surface area contributed by atoms with Gasteiger partial charge in [0.15, 0.2) is 11.5 Å². The molecule has 0 bridgehead atoms. The Morgan fingerprint density at radius 1 is 1.39 bits per heavy atom. The van der Waals surface area contributed by atoms with Crippen LogP contribution in [-0.2, 0) is 0 Å². The number of nitro groups is 1. The lowest BCUT2D eigenvalue weighted by Gasteiger charge is -2.09. The predicted octanol–water partition coefficient (Wildman–Crippen LogP) is 3.44. The fourth-order valence-electron chi connectivity index (χ4n) is 1.93. The van der Waals surface area contributed by atoms with Crippen LogP contribution in [0.5, 0.6) is 11.5 Å². The van der Waals surface area contributed by atoms with Crippen LogP contribution in [0.2, 0.25) is 0 Å². The van der Waals surface area contributed by atoms with E-state index < -0.39 is 4.92 Å². The summed E-state index contributed by atoms with van der Waals surface area (Å²) in [6.45, 7) is 1.81. The Morgan fingerprint density at radius 2 is 2.04 bits per heavy atom. The highest BCUT2D eigenvalue weighted by Gasteiger charge is 2.19. The first-order valence-corrected chi connectivity index (χ1v) is 7.32. The van der Waals surface area contributed by atoms with Gasteiger partial charge in [0, 0.05) is 11.1 Å². The van der Waals surface area contributed by atoms with Gasteiger partial charge in [0.1, 0.15) is 11.1 Å². The molecule has 0 aliphatic rings. The Morgan fingerprint density at radius 3 is 2.52 bits per heavy atom. The molecule has 0 spiro atoms. The number of rotatable bonds is 5. The minimum absolute atomic E-state index is 0.177. The molecule has 0 aliphatic heterocycles. The summed E-state index contributed by atoms with van der Waals surface area (Å²) in [7, 11) is 2.84. The van der Waals surface area contributed by atoms with Crippen molar-refractivity contribution in [2.45, 2.75) is 6.92 Å². The van der Waals surface area contributed by atoms with Crippen molar-refractivity contribution >= 4 is 28.7 Å². The molecule has 8 heteroatoms. The highest BCUT2D eigenvalue weighted by Crippen LogP contribution is 2.36. The quantitative estimate of drug-likeness (QED) is 0.473. The van der Waals surface area contributed by atoms with Gasteiger partial charge in [-0.25, -0.2) is 4.98 Å². The minimum Gasteiger partial charge on any atom is -0.493 e. The maximum atomic E-state index is 11.3. The summed E-state index contributed by atoms with van der Waals surface area (Å²) in [6.07, 6.45) is 1.43. The third-order valence-electron chi connectivity index (χ3n) is 3.00. The van der Waals surface area contributed by atoms with E-state index in [0.29, 0.717) is 10.8 Å². The smallest absolute Gasteiger partial charge is 0.280 e. The van der Waals surface area contributed by atoms with Gasteiger partial charge in [-0.3, -0.25) is 10.1 Å². The van der Waals surface area contributed by atoms with Gasteiger partial charge in [-0.15, -0.1) is 11.3 Å². The van der Waals surface area contributed by atoms with E-state index in [-0.39, 0.29) is 22.6 Å². The van der Waals surface area contributed by atoms with E-state index in [9.17, 15) is 15.4 Å². The summed E-state index contributed by atoms with van der Waals surface area (Å²) < 4.78 is 10.2. The van der Waals surface area contributed by atoms with Crippen LogP contribution in [-0.4, -0.2) is 24.1 Å². The number of allylic oxidation sites excluding steroid dienone is 1. The molecule has 0 saturated heterocycles. The third kappa shape index (κ3) is 3.46. The Kier molecular flexibility index (Phi) is 4.93. The van der Waals surface area contributed by atoms with Gasteiger partial charge in [-0.05, 0) is 19.1 Å². The van der Waals surface area contributed by atoms with Crippen molar-refractivity contribution in [1.29, 1.82) is 5.26 Å². The summed E-state index contributed by atoms with van der Waals surface area (Å²) in [5.41, 5.74) is 1.10. The van der Waals surface area contributed by atoms with Crippen molar-refractivity contribution < 1.29 is 14.4 Å². The normalized spacial score (nSPS) is 11.0. The number of methoxy groups -OCH3 is 2. The molecule has 7 nitrogen and oxygen atoms in total. The molecule has 0 saturated carbocycles. The number of ether oxygens (including phenoxy) is 2. The number of thiazole rings is 1. The molecule has 118 valence electrons. The van der Waals surface area contributed by atoms with E-state index in [2.05, 4.69) is 4.98 Å². The summed E-state index contributed by atoms with van der Waals surface area (Å²) in [4.78, 5) is 15.0. The lowest BCUT2D eigenvalue weighted by Crippen LogP contribution is -1.97. The van der Waals surface area contributed by atoms with E-state index in [1.807, 2.05) is 18.4 Å². The summed E-state index contributed by atoms with van der Waals surface area (Å²) in [6, 6.07) is 4.76. The maximum Gasteiger partial charge on any atom is 0.280 e. The standard InChI is InChI=1S/C15H13N3O4S/c1-9-8-23-15(17-9)11(7-16)4-10-5-13(21-2)14(22-3)6-12(10)18(19)20/h4-6,8H,1-3H3/b11-4+. The van der Waals surface area contributed by atoms with Crippen molar-refractivity contribution in [3.8, 4) is 17.6 Å². The zero-order valence-electron chi connectivity index (χ0n) is 12.7. The van der Waals surface area contributed by atoms with Crippen molar-refractivity contribution in [3.63, 3.8) is 0 Å². The van der Waals surface area contributed by atoms with Crippen molar-refractivity contribution in [1.82, 2.24) is 4.98 Å². The Balaban J connectivity index is 2.63. The monoisotopic (exact) mass is 331 g/mol. The van der Waals surface area contributed by atoms with E-state index in [1.54, 1.807) is 0 Å². The number of nitro benzene ring substituents is 1. The average Bonchev–Trinajstić information content (AvgIpc) is 2.97. The number of nitriles is 1. The Bertz CT molecular complexity index is 821. The van der Waals surface area contributed by atoms with Crippen molar-refractivity contribution in [3.05, 3.63) is 43.9 Å².